The fourth-order valence-electron chi connectivity index (χ4n) is 4.11. The molecule has 0 aliphatic heterocycles. The number of benzene rings is 2. The third-order valence-corrected chi connectivity index (χ3v) is 8.63. The first kappa shape index (κ1) is 21.3. The molecule has 1 unspecified atom stereocenters. The van der Waals surface area contributed by atoms with Gasteiger partial charge in [-0.15, -0.1) is 0 Å². The van der Waals surface area contributed by atoms with Crippen molar-refractivity contribution in [2.75, 3.05) is 4.98 Å². The van der Waals surface area contributed by atoms with Gasteiger partial charge in [0.15, 0.2) is 31.5 Å². The normalized spacial score (nSPS) is 17.4. The molecule has 1 N–H and O–H groups in total. The minimum absolute atomic E-state index is 0.128. The van der Waals surface area contributed by atoms with E-state index in [1.165, 1.54) is 0 Å². The number of hydrogen-bond acceptors (Lipinski definition) is 1. The van der Waals surface area contributed by atoms with Crippen LogP contribution in [0.25, 0.3) is 5.57 Å². The largest absolute Gasteiger partial charge is 0.407 e. The monoisotopic (exact) mass is 423 g/mol. The molecule has 29 heavy (non-hydrogen) atoms. The minimum atomic E-state index is -2.58. The number of allylic oxidation sites excluding steroid dienone is 4. The minimum Gasteiger partial charge on any atom is -0.407 e. The van der Waals surface area contributed by atoms with Crippen molar-refractivity contribution in [1.82, 2.24) is 0 Å². The van der Waals surface area contributed by atoms with Crippen LogP contribution in [-0.4, -0.2) is 8.24 Å². The zero-order chi connectivity index (χ0) is 21.7. The lowest BCUT2D eigenvalue weighted by Gasteiger charge is -2.32. The van der Waals surface area contributed by atoms with E-state index in [1.807, 2.05) is 57.3 Å². The molecule has 1 nitrogen and oxygen atoms in total. The quantitative estimate of drug-likeness (QED) is 0.242. The van der Waals surface area contributed by atoms with Crippen molar-refractivity contribution < 1.29 is 22.0 Å². The third kappa shape index (κ3) is 3.41. The molecule has 1 aliphatic rings. The summed E-state index contributed by atoms with van der Waals surface area (Å²) in [4.78, 5) is 3.46. The molecule has 2 aromatic rings. The standard InChI is InChI=1S/C22H22F5NSi/c1-11-12(2)15(16-17(23)19(25)21(27)20(26)18(16)24)22(13(11)3)29(4,5)28-14-9-7-6-8-10-14/h6-10,13,28H,1-5H3. The molecule has 0 saturated heterocycles. The van der Waals surface area contributed by atoms with Crippen LogP contribution in [0.3, 0.4) is 0 Å². The van der Waals surface area contributed by atoms with Gasteiger partial charge < -0.3 is 4.98 Å². The van der Waals surface area contributed by atoms with Crippen LogP contribution in [0.2, 0.25) is 13.1 Å². The van der Waals surface area contributed by atoms with Crippen molar-refractivity contribution >= 4 is 19.5 Å². The molecule has 0 saturated carbocycles. The number of rotatable bonds is 4. The van der Waals surface area contributed by atoms with Crippen molar-refractivity contribution in [2.24, 2.45) is 5.92 Å². The second kappa shape index (κ2) is 7.44. The summed E-state index contributed by atoms with van der Waals surface area (Å²) in [6.07, 6.45) is 0. The SMILES string of the molecule is CC1=C(C)C(C)C([Si](C)(C)Nc2ccccc2)=C1c1c(F)c(F)c(F)c(F)c1F. The summed E-state index contributed by atoms with van der Waals surface area (Å²) in [7, 11) is -2.58. The first-order valence-electron chi connectivity index (χ1n) is 9.26. The third-order valence-electron chi connectivity index (χ3n) is 5.68. The fraction of sp³-hybridized carbons (Fsp3) is 0.273. The molecular weight excluding hydrogens is 401 g/mol. The number of hydrogen-bond donors (Lipinski definition) is 1. The lowest BCUT2D eigenvalue weighted by molar-refractivity contribution is 0.376. The van der Waals surface area contributed by atoms with Crippen LogP contribution in [0.1, 0.15) is 26.3 Å². The molecule has 0 spiro atoms. The van der Waals surface area contributed by atoms with Crippen molar-refractivity contribution in [3.05, 3.63) is 81.3 Å². The van der Waals surface area contributed by atoms with Crippen molar-refractivity contribution in [1.29, 1.82) is 0 Å². The van der Waals surface area contributed by atoms with E-state index in [1.54, 1.807) is 6.92 Å². The molecule has 0 aromatic heterocycles. The number of anilines is 1. The Hall–Kier alpha value is -2.41. The molecule has 1 atom stereocenters. The van der Waals surface area contributed by atoms with E-state index in [0.29, 0.717) is 10.8 Å². The summed E-state index contributed by atoms with van der Waals surface area (Å²) in [5.41, 5.74) is 1.53. The van der Waals surface area contributed by atoms with E-state index in [0.717, 1.165) is 11.3 Å². The van der Waals surface area contributed by atoms with Gasteiger partial charge in [0.2, 0.25) is 5.82 Å². The number of halogens is 5. The van der Waals surface area contributed by atoms with Crippen molar-refractivity contribution in [3.8, 4) is 0 Å². The van der Waals surface area contributed by atoms with Gasteiger partial charge in [0.1, 0.15) is 0 Å². The highest BCUT2D eigenvalue weighted by Gasteiger charge is 2.41. The fourth-order valence-corrected chi connectivity index (χ4v) is 7.37. The van der Waals surface area contributed by atoms with Gasteiger partial charge in [-0.05, 0) is 61.3 Å². The first-order chi connectivity index (χ1) is 13.5. The molecule has 1 aliphatic carbocycles. The molecular formula is C22H22F5NSi. The smallest absolute Gasteiger partial charge is 0.200 e. The summed E-state index contributed by atoms with van der Waals surface area (Å²) >= 11 is 0. The number of para-hydroxylation sites is 1. The Balaban J connectivity index is 2.29. The highest BCUT2D eigenvalue weighted by atomic mass is 28.3. The Morgan fingerprint density at radius 2 is 1.28 bits per heavy atom. The van der Waals surface area contributed by atoms with Gasteiger partial charge >= 0.3 is 0 Å². The summed E-state index contributed by atoms with van der Waals surface area (Å²) in [6.45, 7) is 9.31. The van der Waals surface area contributed by atoms with Gasteiger partial charge in [0, 0.05) is 5.69 Å². The van der Waals surface area contributed by atoms with Gasteiger partial charge in [-0.1, -0.05) is 30.7 Å². The predicted octanol–water partition coefficient (Wildman–Crippen LogP) is 6.98. The van der Waals surface area contributed by atoms with E-state index >= 15 is 0 Å². The maximum Gasteiger partial charge on any atom is 0.200 e. The van der Waals surface area contributed by atoms with E-state index in [-0.39, 0.29) is 11.5 Å². The van der Waals surface area contributed by atoms with Crippen LogP contribution in [0.15, 0.2) is 46.7 Å². The summed E-state index contributed by atoms with van der Waals surface area (Å²) in [6, 6.07) is 9.34. The summed E-state index contributed by atoms with van der Waals surface area (Å²) < 4.78 is 70.9. The highest BCUT2D eigenvalue weighted by molar-refractivity contribution is 6.88. The summed E-state index contributed by atoms with van der Waals surface area (Å²) in [5.74, 6) is -9.76. The molecule has 0 bridgehead atoms. The molecule has 0 fully saturated rings. The Bertz CT molecular complexity index is 1010. The zero-order valence-electron chi connectivity index (χ0n) is 16.9. The maximum atomic E-state index is 14.7. The molecule has 3 rings (SSSR count). The Morgan fingerprint density at radius 3 is 1.79 bits per heavy atom. The second-order valence-electron chi connectivity index (χ2n) is 7.88. The van der Waals surface area contributed by atoms with Crippen LogP contribution in [0.5, 0.6) is 0 Å². The first-order valence-corrected chi connectivity index (χ1v) is 12.3. The molecule has 2 aromatic carbocycles. The van der Waals surface area contributed by atoms with Gasteiger partial charge in [-0.3, -0.25) is 0 Å². The Kier molecular flexibility index (Phi) is 5.47. The van der Waals surface area contributed by atoms with Gasteiger partial charge in [0.25, 0.3) is 0 Å². The topological polar surface area (TPSA) is 12.0 Å². The van der Waals surface area contributed by atoms with Crippen LogP contribution in [-0.2, 0) is 0 Å². The Labute approximate surface area is 168 Å². The van der Waals surface area contributed by atoms with Crippen LogP contribution in [0, 0.1) is 35.0 Å². The van der Waals surface area contributed by atoms with Crippen molar-refractivity contribution in [2.45, 2.75) is 33.9 Å². The van der Waals surface area contributed by atoms with Crippen molar-refractivity contribution in [3.63, 3.8) is 0 Å². The predicted molar refractivity (Wildman–Crippen MR) is 108 cm³/mol. The van der Waals surface area contributed by atoms with Crippen LogP contribution >= 0.6 is 0 Å². The molecule has 0 amide bonds. The van der Waals surface area contributed by atoms with Crippen LogP contribution < -0.4 is 4.98 Å². The second-order valence-corrected chi connectivity index (χ2v) is 11.9. The van der Waals surface area contributed by atoms with E-state index in [4.69, 9.17) is 0 Å². The zero-order valence-corrected chi connectivity index (χ0v) is 17.9. The molecule has 0 heterocycles. The molecule has 0 radical (unpaired) electrons. The molecule has 154 valence electrons. The molecule has 7 heteroatoms. The van der Waals surface area contributed by atoms with Gasteiger partial charge in [-0.2, -0.15) is 0 Å². The van der Waals surface area contributed by atoms with Gasteiger partial charge in [-0.25, -0.2) is 22.0 Å². The van der Waals surface area contributed by atoms with Crippen LogP contribution in [0.4, 0.5) is 27.6 Å². The lowest BCUT2D eigenvalue weighted by Crippen LogP contribution is -2.42. The van der Waals surface area contributed by atoms with Gasteiger partial charge in [0.05, 0.1) is 5.56 Å². The summed E-state index contributed by atoms with van der Waals surface area (Å²) in [5, 5.41) is 0.708. The van der Waals surface area contributed by atoms with E-state index < -0.39 is 42.9 Å². The number of nitrogens with one attached hydrogen (secondary N) is 1. The maximum absolute atomic E-state index is 14.7. The average Bonchev–Trinajstić information content (AvgIpc) is 2.90. The Morgan fingerprint density at radius 1 is 0.793 bits per heavy atom. The van der Waals surface area contributed by atoms with E-state index in [2.05, 4.69) is 4.98 Å². The average molecular weight is 424 g/mol. The lowest BCUT2D eigenvalue weighted by atomic mass is 9.98. The van der Waals surface area contributed by atoms with E-state index in [9.17, 15) is 22.0 Å². The highest BCUT2D eigenvalue weighted by Crippen LogP contribution is 2.48.